The molecule has 18 heavy (non-hydrogen) atoms. The zero-order valence-corrected chi connectivity index (χ0v) is 13.5. The lowest BCUT2D eigenvalue weighted by Crippen LogP contribution is -2.47. The lowest BCUT2D eigenvalue weighted by Gasteiger charge is -2.35. The highest BCUT2D eigenvalue weighted by Crippen LogP contribution is 2.28. The fourth-order valence-electron chi connectivity index (χ4n) is 2.36. The summed E-state index contributed by atoms with van der Waals surface area (Å²) in [5.74, 6) is 0.147. The van der Waals surface area contributed by atoms with E-state index in [2.05, 4.69) is 27.9 Å². The Bertz CT molecular complexity index is 427. The number of hydrogen-bond acceptors (Lipinski definition) is 3. The van der Waals surface area contributed by atoms with Crippen molar-refractivity contribution in [2.45, 2.75) is 25.8 Å². The van der Waals surface area contributed by atoms with E-state index in [0.29, 0.717) is 6.04 Å². The van der Waals surface area contributed by atoms with Gasteiger partial charge >= 0.3 is 0 Å². The lowest BCUT2D eigenvalue weighted by atomic mass is 10.0. The molecule has 0 spiro atoms. The minimum atomic E-state index is 0.147. The first-order valence-electron chi connectivity index (χ1n) is 6.20. The normalized spacial score (nSPS) is 21.0. The molecular weight excluding hydrogens is 312 g/mol. The average Bonchev–Trinajstić information content (AvgIpc) is 2.68. The van der Waals surface area contributed by atoms with Gasteiger partial charge in [0.15, 0.2) is 0 Å². The van der Waals surface area contributed by atoms with Gasteiger partial charge in [0.25, 0.3) is 5.91 Å². The Kier molecular flexibility index (Phi) is 4.45. The number of carbonyl (C=O) groups excluding carboxylic acids is 1. The monoisotopic (exact) mass is 330 g/mol. The predicted molar refractivity (Wildman–Crippen MR) is 79.4 cm³/mol. The Labute approximate surface area is 121 Å². The van der Waals surface area contributed by atoms with Crippen LogP contribution in [0.3, 0.4) is 0 Å². The van der Waals surface area contributed by atoms with Crippen LogP contribution in [0.5, 0.6) is 0 Å². The van der Waals surface area contributed by atoms with Gasteiger partial charge in [-0.25, -0.2) is 0 Å². The van der Waals surface area contributed by atoms with E-state index in [1.807, 2.05) is 24.9 Å². The molecule has 2 heterocycles. The summed E-state index contributed by atoms with van der Waals surface area (Å²) in [6.45, 7) is 4.14. The van der Waals surface area contributed by atoms with E-state index in [-0.39, 0.29) is 5.91 Å². The van der Waals surface area contributed by atoms with Crippen molar-refractivity contribution in [3.05, 3.63) is 20.3 Å². The molecule has 1 amide bonds. The molecule has 1 aliphatic heterocycles. The smallest absolute Gasteiger partial charge is 0.264 e. The van der Waals surface area contributed by atoms with Crippen LogP contribution in [0.1, 0.15) is 28.1 Å². The molecule has 3 nitrogen and oxygen atoms in total. The fraction of sp³-hybridized carbons (Fsp3) is 0.615. The Morgan fingerprint density at radius 3 is 2.89 bits per heavy atom. The van der Waals surface area contributed by atoms with Crippen LogP contribution in [0, 0.1) is 6.92 Å². The molecule has 1 aromatic heterocycles. The summed E-state index contributed by atoms with van der Waals surface area (Å²) in [7, 11) is 4.05. The maximum Gasteiger partial charge on any atom is 0.264 e. The molecule has 0 bridgehead atoms. The topological polar surface area (TPSA) is 23.6 Å². The van der Waals surface area contributed by atoms with E-state index in [1.54, 1.807) is 0 Å². The second-order valence-corrected chi connectivity index (χ2v) is 7.41. The Morgan fingerprint density at radius 2 is 2.33 bits per heavy atom. The predicted octanol–water partition coefficient (Wildman–Crippen LogP) is 2.99. The first kappa shape index (κ1) is 14.0. The van der Waals surface area contributed by atoms with Crippen LogP contribution in [0.15, 0.2) is 9.85 Å². The van der Waals surface area contributed by atoms with Gasteiger partial charge in [0.1, 0.15) is 0 Å². The number of halogens is 1. The van der Waals surface area contributed by atoms with Crippen molar-refractivity contribution in [3.63, 3.8) is 0 Å². The molecule has 1 unspecified atom stereocenters. The third kappa shape index (κ3) is 2.95. The molecule has 2 rings (SSSR count). The first-order chi connectivity index (χ1) is 8.49. The van der Waals surface area contributed by atoms with Crippen LogP contribution in [0.4, 0.5) is 0 Å². The quantitative estimate of drug-likeness (QED) is 0.832. The number of hydrogen-bond donors (Lipinski definition) is 0. The number of likely N-dealkylation sites (N-methyl/N-ethyl adjacent to an activating group) is 2. The molecule has 0 N–H and O–H groups in total. The molecule has 1 fully saturated rings. The Balaban J connectivity index is 2.08. The minimum Gasteiger partial charge on any atom is -0.337 e. The third-order valence-electron chi connectivity index (χ3n) is 3.54. The van der Waals surface area contributed by atoms with Gasteiger partial charge < -0.3 is 9.80 Å². The van der Waals surface area contributed by atoms with E-state index in [1.165, 1.54) is 17.8 Å². The fourth-order valence-corrected chi connectivity index (χ4v) is 3.88. The number of aryl methyl sites for hydroxylation is 1. The van der Waals surface area contributed by atoms with Gasteiger partial charge in [0.2, 0.25) is 0 Å². The van der Waals surface area contributed by atoms with Gasteiger partial charge in [-0.05, 0) is 60.9 Å². The van der Waals surface area contributed by atoms with Crippen LogP contribution < -0.4 is 0 Å². The van der Waals surface area contributed by atoms with E-state index >= 15 is 0 Å². The number of thiophene rings is 1. The zero-order valence-electron chi connectivity index (χ0n) is 11.1. The maximum atomic E-state index is 12.4. The lowest BCUT2D eigenvalue weighted by molar-refractivity contribution is 0.0649. The number of carbonyl (C=O) groups is 1. The molecule has 0 aromatic carbocycles. The van der Waals surface area contributed by atoms with Crippen molar-refractivity contribution in [2.24, 2.45) is 0 Å². The average molecular weight is 331 g/mol. The molecule has 0 saturated carbocycles. The van der Waals surface area contributed by atoms with Gasteiger partial charge in [-0.2, -0.15) is 0 Å². The first-order valence-corrected chi connectivity index (χ1v) is 7.81. The van der Waals surface area contributed by atoms with Gasteiger partial charge in [-0.3, -0.25) is 4.79 Å². The highest BCUT2D eigenvalue weighted by atomic mass is 79.9. The van der Waals surface area contributed by atoms with Crippen LogP contribution in [-0.4, -0.2) is 48.9 Å². The van der Waals surface area contributed by atoms with Gasteiger partial charge in [0, 0.05) is 19.6 Å². The minimum absolute atomic E-state index is 0.147. The number of amides is 1. The number of likely N-dealkylation sites (tertiary alicyclic amines) is 1. The molecular formula is C13H19BrN2OS. The van der Waals surface area contributed by atoms with E-state index in [4.69, 9.17) is 0 Å². The van der Waals surface area contributed by atoms with Crippen molar-refractivity contribution >= 4 is 33.2 Å². The molecule has 1 atom stereocenters. The molecule has 1 aromatic rings. The number of piperidine rings is 1. The van der Waals surface area contributed by atoms with E-state index < -0.39 is 0 Å². The highest BCUT2D eigenvalue weighted by molar-refractivity contribution is 9.11. The van der Waals surface area contributed by atoms with Crippen LogP contribution in [-0.2, 0) is 0 Å². The van der Waals surface area contributed by atoms with Crippen molar-refractivity contribution < 1.29 is 4.79 Å². The number of nitrogens with zero attached hydrogens (tertiary/aromatic N) is 2. The molecule has 5 heteroatoms. The zero-order chi connectivity index (χ0) is 13.3. The van der Waals surface area contributed by atoms with E-state index in [9.17, 15) is 4.79 Å². The Morgan fingerprint density at radius 1 is 1.61 bits per heavy atom. The van der Waals surface area contributed by atoms with Crippen molar-refractivity contribution in [3.8, 4) is 0 Å². The van der Waals surface area contributed by atoms with Gasteiger partial charge in [0.05, 0.1) is 8.66 Å². The summed E-state index contributed by atoms with van der Waals surface area (Å²) in [6, 6.07) is 2.32. The SMILES string of the molecule is Cc1cc(C(=O)N(C)C2CCCN(C)C2)sc1Br. The van der Waals surface area contributed by atoms with Crippen molar-refractivity contribution in [2.75, 3.05) is 27.2 Å². The van der Waals surface area contributed by atoms with Crippen LogP contribution >= 0.6 is 27.3 Å². The largest absolute Gasteiger partial charge is 0.337 e. The number of rotatable bonds is 2. The van der Waals surface area contributed by atoms with E-state index in [0.717, 1.165) is 33.7 Å². The van der Waals surface area contributed by atoms with Crippen LogP contribution in [0.25, 0.3) is 0 Å². The standard InChI is InChI=1S/C13H19BrN2OS/c1-9-7-11(18-12(9)14)13(17)16(3)10-5-4-6-15(2)8-10/h7,10H,4-6,8H2,1-3H3. The summed E-state index contributed by atoms with van der Waals surface area (Å²) in [6.07, 6.45) is 2.28. The van der Waals surface area contributed by atoms with Gasteiger partial charge in [-0.1, -0.05) is 0 Å². The summed E-state index contributed by atoms with van der Waals surface area (Å²) < 4.78 is 1.06. The van der Waals surface area contributed by atoms with Crippen molar-refractivity contribution in [1.82, 2.24) is 9.80 Å². The van der Waals surface area contributed by atoms with Gasteiger partial charge in [-0.15, -0.1) is 11.3 Å². The summed E-state index contributed by atoms with van der Waals surface area (Å²) in [5.41, 5.74) is 1.14. The molecule has 100 valence electrons. The van der Waals surface area contributed by atoms with Crippen LogP contribution in [0.2, 0.25) is 0 Å². The summed E-state index contributed by atoms with van der Waals surface area (Å²) in [5, 5.41) is 0. The Hall–Kier alpha value is -0.390. The summed E-state index contributed by atoms with van der Waals surface area (Å²) >= 11 is 5.01. The molecule has 0 aliphatic carbocycles. The third-order valence-corrected chi connectivity index (χ3v) is 5.66. The second-order valence-electron chi connectivity index (χ2n) is 5.04. The molecule has 0 radical (unpaired) electrons. The van der Waals surface area contributed by atoms with Crippen molar-refractivity contribution in [1.29, 1.82) is 0 Å². The molecule has 1 aliphatic rings. The maximum absolute atomic E-state index is 12.4. The second kappa shape index (κ2) is 5.72. The summed E-state index contributed by atoms with van der Waals surface area (Å²) in [4.78, 5) is 17.5. The molecule has 1 saturated heterocycles. The highest BCUT2D eigenvalue weighted by Gasteiger charge is 2.26.